The first-order valence-electron chi connectivity index (χ1n) is 8.19. The van der Waals surface area contributed by atoms with E-state index in [0.29, 0.717) is 18.6 Å². The van der Waals surface area contributed by atoms with Crippen molar-refractivity contribution >= 4 is 0 Å². The van der Waals surface area contributed by atoms with Gasteiger partial charge in [0.05, 0.1) is 0 Å². The fourth-order valence-electron chi connectivity index (χ4n) is 2.41. The van der Waals surface area contributed by atoms with Crippen LogP contribution in [0, 0.1) is 5.92 Å². The van der Waals surface area contributed by atoms with E-state index in [0.717, 1.165) is 18.7 Å². The Morgan fingerprint density at radius 3 is 2.23 bits per heavy atom. The van der Waals surface area contributed by atoms with Gasteiger partial charge in [-0.05, 0) is 42.1 Å². The lowest BCUT2D eigenvalue weighted by atomic mass is 10.0. The first kappa shape index (κ1) is 16.6. The van der Waals surface area contributed by atoms with Gasteiger partial charge in [0.2, 0.25) is 0 Å². The maximum absolute atomic E-state index is 5.84. The second-order valence-electron chi connectivity index (χ2n) is 6.11. The highest BCUT2D eigenvalue weighted by molar-refractivity contribution is 5.29. The molecule has 0 bridgehead atoms. The Hall–Kier alpha value is -1.80. The molecule has 0 aliphatic rings. The van der Waals surface area contributed by atoms with Crippen molar-refractivity contribution in [3.05, 3.63) is 65.7 Å². The van der Waals surface area contributed by atoms with Crippen molar-refractivity contribution in [2.45, 2.75) is 39.8 Å². The number of nitrogens with one attached hydrogen (secondary N) is 1. The molecular weight excluding hydrogens is 270 g/mol. The monoisotopic (exact) mass is 297 g/mol. The summed E-state index contributed by atoms with van der Waals surface area (Å²) in [6.07, 6.45) is 1.09. The second-order valence-corrected chi connectivity index (χ2v) is 6.11. The number of ether oxygens (including phenoxy) is 1. The quantitative estimate of drug-likeness (QED) is 0.743. The van der Waals surface area contributed by atoms with Gasteiger partial charge in [0.1, 0.15) is 12.4 Å². The van der Waals surface area contributed by atoms with Crippen molar-refractivity contribution < 1.29 is 4.74 Å². The highest BCUT2D eigenvalue weighted by atomic mass is 16.5. The highest BCUT2D eigenvalue weighted by Crippen LogP contribution is 2.21. The van der Waals surface area contributed by atoms with E-state index < -0.39 is 0 Å². The summed E-state index contributed by atoms with van der Waals surface area (Å²) >= 11 is 0. The molecule has 0 radical (unpaired) electrons. The molecule has 1 N–H and O–H groups in total. The minimum absolute atomic E-state index is 0.422. The van der Waals surface area contributed by atoms with E-state index in [1.165, 1.54) is 11.1 Å². The van der Waals surface area contributed by atoms with Crippen molar-refractivity contribution in [1.82, 2.24) is 5.32 Å². The van der Waals surface area contributed by atoms with Gasteiger partial charge in [-0.1, -0.05) is 63.2 Å². The molecule has 0 fully saturated rings. The SMILES string of the molecule is CCC(NCC(C)C)c1ccc(OCc2ccccc2)cc1. The van der Waals surface area contributed by atoms with Crippen molar-refractivity contribution in [2.75, 3.05) is 6.54 Å². The summed E-state index contributed by atoms with van der Waals surface area (Å²) in [5.74, 6) is 1.59. The summed E-state index contributed by atoms with van der Waals surface area (Å²) in [5, 5.41) is 3.62. The fraction of sp³-hybridized carbons (Fsp3) is 0.400. The summed E-state index contributed by atoms with van der Waals surface area (Å²) in [6.45, 7) is 8.35. The van der Waals surface area contributed by atoms with Crippen LogP contribution in [0.3, 0.4) is 0 Å². The summed E-state index contributed by atoms with van der Waals surface area (Å²) in [6, 6.07) is 19.1. The van der Waals surface area contributed by atoms with Crippen LogP contribution in [0.2, 0.25) is 0 Å². The smallest absolute Gasteiger partial charge is 0.119 e. The zero-order valence-electron chi connectivity index (χ0n) is 13.9. The lowest BCUT2D eigenvalue weighted by Gasteiger charge is -2.19. The van der Waals surface area contributed by atoms with E-state index in [4.69, 9.17) is 4.74 Å². The van der Waals surface area contributed by atoms with Crippen LogP contribution >= 0.6 is 0 Å². The van der Waals surface area contributed by atoms with Crippen LogP contribution in [0.4, 0.5) is 0 Å². The minimum Gasteiger partial charge on any atom is -0.489 e. The summed E-state index contributed by atoms with van der Waals surface area (Å²) in [7, 11) is 0. The van der Waals surface area contributed by atoms with Gasteiger partial charge in [-0.25, -0.2) is 0 Å². The molecule has 0 aliphatic carbocycles. The van der Waals surface area contributed by atoms with Gasteiger partial charge in [0.15, 0.2) is 0 Å². The van der Waals surface area contributed by atoms with Gasteiger partial charge in [-0.15, -0.1) is 0 Å². The average Bonchev–Trinajstić information content (AvgIpc) is 2.55. The van der Waals surface area contributed by atoms with Crippen molar-refractivity contribution in [3.8, 4) is 5.75 Å². The molecule has 0 spiro atoms. The number of rotatable bonds is 8. The Morgan fingerprint density at radius 1 is 0.955 bits per heavy atom. The first-order valence-corrected chi connectivity index (χ1v) is 8.19. The second kappa shape index (κ2) is 8.60. The van der Waals surface area contributed by atoms with Gasteiger partial charge < -0.3 is 10.1 Å². The predicted molar refractivity (Wildman–Crippen MR) is 93.1 cm³/mol. The molecule has 1 unspecified atom stereocenters. The van der Waals surface area contributed by atoms with Crippen LogP contribution in [0.1, 0.15) is 44.4 Å². The largest absolute Gasteiger partial charge is 0.489 e. The van der Waals surface area contributed by atoms with Crippen LogP contribution < -0.4 is 10.1 Å². The Kier molecular flexibility index (Phi) is 6.47. The molecule has 2 aromatic rings. The molecule has 22 heavy (non-hydrogen) atoms. The maximum Gasteiger partial charge on any atom is 0.119 e. The molecule has 2 rings (SSSR count). The molecule has 1 atom stereocenters. The van der Waals surface area contributed by atoms with Gasteiger partial charge in [0.25, 0.3) is 0 Å². The summed E-state index contributed by atoms with van der Waals surface area (Å²) in [4.78, 5) is 0. The molecule has 0 aliphatic heterocycles. The Bertz CT molecular complexity index is 533. The minimum atomic E-state index is 0.422. The van der Waals surface area contributed by atoms with Crippen LogP contribution in [0.25, 0.3) is 0 Å². The third-order valence-corrected chi connectivity index (χ3v) is 3.71. The van der Waals surface area contributed by atoms with Crippen LogP contribution in [0.5, 0.6) is 5.75 Å². The summed E-state index contributed by atoms with van der Waals surface area (Å²) in [5.41, 5.74) is 2.52. The van der Waals surface area contributed by atoms with Gasteiger partial charge in [-0.3, -0.25) is 0 Å². The van der Waals surface area contributed by atoms with Crippen molar-refractivity contribution in [1.29, 1.82) is 0 Å². The molecular formula is C20H27NO. The lowest BCUT2D eigenvalue weighted by Crippen LogP contribution is -2.24. The normalized spacial score (nSPS) is 12.4. The fourth-order valence-corrected chi connectivity index (χ4v) is 2.41. The maximum atomic E-state index is 5.84. The molecule has 0 heterocycles. The van der Waals surface area contributed by atoms with Crippen molar-refractivity contribution in [3.63, 3.8) is 0 Å². The third kappa shape index (κ3) is 5.19. The third-order valence-electron chi connectivity index (χ3n) is 3.71. The van der Waals surface area contributed by atoms with E-state index in [-0.39, 0.29) is 0 Å². The molecule has 118 valence electrons. The predicted octanol–water partition coefficient (Wildman–Crippen LogP) is 4.96. The Labute approximate surface area is 134 Å². The van der Waals surface area contributed by atoms with Gasteiger partial charge in [-0.2, -0.15) is 0 Å². The van der Waals surface area contributed by atoms with E-state index in [1.54, 1.807) is 0 Å². The van der Waals surface area contributed by atoms with E-state index in [1.807, 2.05) is 18.2 Å². The van der Waals surface area contributed by atoms with Crippen LogP contribution in [0.15, 0.2) is 54.6 Å². The number of benzene rings is 2. The molecule has 2 aromatic carbocycles. The summed E-state index contributed by atoms with van der Waals surface area (Å²) < 4.78 is 5.84. The van der Waals surface area contributed by atoms with E-state index in [2.05, 4.69) is 62.5 Å². The van der Waals surface area contributed by atoms with Gasteiger partial charge >= 0.3 is 0 Å². The Morgan fingerprint density at radius 2 is 1.64 bits per heavy atom. The first-order chi connectivity index (χ1) is 10.7. The van der Waals surface area contributed by atoms with Crippen LogP contribution in [-0.4, -0.2) is 6.54 Å². The van der Waals surface area contributed by atoms with E-state index in [9.17, 15) is 0 Å². The molecule has 0 saturated carbocycles. The number of hydrogen-bond donors (Lipinski definition) is 1. The lowest BCUT2D eigenvalue weighted by molar-refractivity contribution is 0.306. The molecule has 0 amide bonds. The molecule has 2 nitrogen and oxygen atoms in total. The average molecular weight is 297 g/mol. The van der Waals surface area contributed by atoms with Crippen molar-refractivity contribution in [2.24, 2.45) is 5.92 Å². The van der Waals surface area contributed by atoms with Crippen LogP contribution in [-0.2, 0) is 6.61 Å². The zero-order chi connectivity index (χ0) is 15.8. The highest BCUT2D eigenvalue weighted by Gasteiger charge is 2.09. The number of hydrogen-bond acceptors (Lipinski definition) is 2. The standard InChI is InChI=1S/C20H27NO/c1-4-20(21-14-16(2)3)18-10-12-19(13-11-18)22-15-17-8-6-5-7-9-17/h5-13,16,20-21H,4,14-15H2,1-3H3. The molecule has 0 saturated heterocycles. The van der Waals surface area contributed by atoms with Gasteiger partial charge in [0, 0.05) is 6.04 Å². The van der Waals surface area contributed by atoms with E-state index >= 15 is 0 Å². The topological polar surface area (TPSA) is 21.3 Å². The zero-order valence-corrected chi connectivity index (χ0v) is 13.9. The molecule has 2 heteroatoms. The molecule has 0 aromatic heterocycles. The Balaban J connectivity index is 1.91.